The molecular weight excluding hydrogens is 409 g/mol. The molecule has 1 fully saturated rings. The molecule has 1 aliphatic heterocycles. The fraction of sp³-hybridized carbons (Fsp3) is 0.348. The molecule has 1 saturated heterocycles. The number of aryl methyl sites for hydroxylation is 1. The van der Waals surface area contributed by atoms with Crippen LogP contribution in [-0.4, -0.2) is 34.2 Å². The number of hydrogen-bond donors (Lipinski definition) is 1. The molecule has 4 heterocycles. The molecule has 0 unspecified atom stereocenters. The summed E-state index contributed by atoms with van der Waals surface area (Å²) in [5, 5.41) is 2.86. The maximum Gasteiger partial charge on any atom is 0.496 e. The van der Waals surface area contributed by atoms with Crippen molar-refractivity contribution < 1.29 is 14.1 Å². The largest absolute Gasteiger partial charge is 0.496 e. The van der Waals surface area contributed by atoms with E-state index >= 15 is 0 Å². The van der Waals surface area contributed by atoms with Gasteiger partial charge in [0, 0.05) is 33.3 Å². The quantitative estimate of drug-likeness (QED) is 0.614. The number of pyridine rings is 2. The Morgan fingerprint density at radius 1 is 1.06 bits per heavy atom. The molecule has 3 aromatic rings. The summed E-state index contributed by atoms with van der Waals surface area (Å²) in [6, 6.07) is 11.7. The molecule has 31 heavy (non-hydrogen) atoms. The first-order valence-corrected chi connectivity index (χ1v) is 11.1. The minimum Gasteiger partial charge on any atom is -0.399 e. The van der Waals surface area contributed by atoms with Crippen LogP contribution in [0.5, 0.6) is 0 Å². The number of carbonyl (C=O) groups excluding carboxylic acids is 1. The average Bonchev–Trinajstić information content (AvgIpc) is 3.24. The maximum absolute atomic E-state index is 12.5. The van der Waals surface area contributed by atoms with Crippen LogP contribution in [0, 0.1) is 6.92 Å². The lowest BCUT2D eigenvalue weighted by Gasteiger charge is -2.32. The monoisotopic (exact) mass is 435 g/mol. The average molecular weight is 435 g/mol. The van der Waals surface area contributed by atoms with Crippen molar-refractivity contribution >= 4 is 35.6 Å². The molecule has 8 heteroatoms. The lowest BCUT2D eigenvalue weighted by molar-refractivity contribution is -0.115. The molecule has 1 amide bonds. The summed E-state index contributed by atoms with van der Waals surface area (Å²) in [5.41, 5.74) is 2.11. The molecule has 0 saturated carbocycles. The predicted octanol–water partition coefficient (Wildman–Crippen LogP) is 3.99. The molecule has 4 rings (SSSR count). The Morgan fingerprint density at radius 2 is 1.81 bits per heavy atom. The number of hydrogen-bond acceptors (Lipinski definition) is 6. The Bertz CT molecular complexity index is 1080. The van der Waals surface area contributed by atoms with Gasteiger partial charge in [-0.2, -0.15) is 0 Å². The van der Waals surface area contributed by atoms with Gasteiger partial charge in [-0.25, -0.2) is 4.98 Å². The van der Waals surface area contributed by atoms with Gasteiger partial charge in [0.15, 0.2) is 0 Å². The molecule has 0 aromatic carbocycles. The summed E-state index contributed by atoms with van der Waals surface area (Å²) in [7, 11) is -0.469. The molecule has 3 aromatic heterocycles. The van der Waals surface area contributed by atoms with Crippen LogP contribution in [0.15, 0.2) is 48.8 Å². The van der Waals surface area contributed by atoms with Gasteiger partial charge in [-0.15, -0.1) is 11.3 Å². The first kappa shape index (κ1) is 21.7. The fourth-order valence-corrected chi connectivity index (χ4v) is 4.27. The van der Waals surface area contributed by atoms with Gasteiger partial charge in [-0.3, -0.25) is 9.78 Å². The van der Waals surface area contributed by atoms with E-state index in [1.807, 2.05) is 65.0 Å². The molecule has 0 radical (unpaired) electrons. The van der Waals surface area contributed by atoms with Gasteiger partial charge in [-0.1, -0.05) is 6.07 Å². The fourth-order valence-electron chi connectivity index (χ4n) is 3.27. The van der Waals surface area contributed by atoms with E-state index < -0.39 is 18.3 Å². The number of nitrogens with one attached hydrogen (secondary N) is 1. The molecule has 1 aliphatic rings. The van der Waals surface area contributed by atoms with E-state index in [-0.39, 0.29) is 5.91 Å². The number of thiophene rings is 1. The highest BCUT2D eigenvalue weighted by atomic mass is 32.1. The normalized spacial score (nSPS) is 17.0. The van der Waals surface area contributed by atoms with E-state index in [0.717, 1.165) is 26.5 Å². The van der Waals surface area contributed by atoms with Gasteiger partial charge in [-0.05, 0) is 70.5 Å². The van der Waals surface area contributed by atoms with Gasteiger partial charge in [0.25, 0.3) is 0 Å². The van der Waals surface area contributed by atoms with Crippen molar-refractivity contribution in [1.29, 1.82) is 0 Å². The van der Waals surface area contributed by atoms with Crippen molar-refractivity contribution in [3.8, 4) is 10.4 Å². The standard InChI is InChI=1S/C23H26BN3O3S/c1-15-12-16(10-11-25-15)19-8-7-18(31-19)13-21(28)27-20-9-6-17(14-26-20)24-29-22(2,3)23(4,5)30-24/h6-12,14H,13H2,1-5H3,(H,26,27,28). The summed E-state index contributed by atoms with van der Waals surface area (Å²) in [6.07, 6.45) is 3.79. The maximum atomic E-state index is 12.5. The summed E-state index contributed by atoms with van der Waals surface area (Å²) >= 11 is 1.61. The van der Waals surface area contributed by atoms with Crippen molar-refractivity contribution in [3.05, 3.63) is 59.4 Å². The number of rotatable bonds is 5. The van der Waals surface area contributed by atoms with Crippen LogP contribution in [-0.2, 0) is 20.5 Å². The zero-order chi connectivity index (χ0) is 22.2. The highest BCUT2D eigenvalue weighted by Crippen LogP contribution is 2.36. The molecule has 0 atom stereocenters. The minimum atomic E-state index is -0.469. The van der Waals surface area contributed by atoms with E-state index in [0.29, 0.717) is 12.2 Å². The number of nitrogens with zero attached hydrogens (tertiary/aromatic N) is 2. The van der Waals surface area contributed by atoms with Gasteiger partial charge >= 0.3 is 7.12 Å². The van der Waals surface area contributed by atoms with E-state index in [4.69, 9.17) is 9.31 Å². The third-order valence-electron chi connectivity index (χ3n) is 5.76. The Balaban J connectivity index is 1.37. The highest BCUT2D eigenvalue weighted by molar-refractivity contribution is 7.15. The summed E-state index contributed by atoms with van der Waals surface area (Å²) in [6.45, 7) is 10.0. The van der Waals surface area contributed by atoms with E-state index in [2.05, 4.69) is 15.3 Å². The van der Waals surface area contributed by atoms with Crippen molar-refractivity contribution in [2.45, 2.75) is 52.2 Å². The number of amides is 1. The number of carbonyl (C=O) groups is 1. The van der Waals surface area contributed by atoms with E-state index in [9.17, 15) is 4.79 Å². The van der Waals surface area contributed by atoms with Gasteiger partial charge in [0.05, 0.1) is 17.6 Å². The smallest absolute Gasteiger partial charge is 0.399 e. The Morgan fingerprint density at radius 3 is 2.45 bits per heavy atom. The molecule has 1 N–H and O–H groups in total. The number of anilines is 1. The zero-order valence-electron chi connectivity index (χ0n) is 18.4. The summed E-state index contributed by atoms with van der Waals surface area (Å²) in [4.78, 5) is 23.2. The first-order valence-electron chi connectivity index (χ1n) is 10.3. The zero-order valence-corrected chi connectivity index (χ0v) is 19.2. The van der Waals surface area contributed by atoms with Crippen molar-refractivity contribution in [2.24, 2.45) is 0 Å². The lowest BCUT2D eigenvalue weighted by Crippen LogP contribution is -2.41. The second-order valence-electron chi connectivity index (χ2n) is 8.74. The molecular formula is C23H26BN3O3S. The molecule has 160 valence electrons. The van der Waals surface area contributed by atoms with Crippen LogP contribution in [0.2, 0.25) is 0 Å². The van der Waals surface area contributed by atoms with Gasteiger partial charge < -0.3 is 14.6 Å². The molecule has 0 bridgehead atoms. The Labute approximate surface area is 187 Å². The van der Waals surface area contributed by atoms with Crippen molar-refractivity contribution in [2.75, 3.05) is 5.32 Å². The van der Waals surface area contributed by atoms with Crippen LogP contribution in [0.4, 0.5) is 5.82 Å². The lowest BCUT2D eigenvalue weighted by atomic mass is 9.80. The number of aromatic nitrogens is 2. The Hall–Kier alpha value is -2.55. The highest BCUT2D eigenvalue weighted by Gasteiger charge is 2.51. The van der Waals surface area contributed by atoms with Gasteiger partial charge in [0.2, 0.25) is 5.91 Å². The van der Waals surface area contributed by atoms with Crippen molar-refractivity contribution in [3.63, 3.8) is 0 Å². The van der Waals surface area contributed by atoms with Crippen LogP contribution in [0.3, 0.4) is 0 Å². The minimum absolute atomic E-state index is 0.102. The van der Waals surface area contributed by atoms with Crippen LogP contribution >= 0.6 is 11.3 Å². The topological polar surface area (TPSA) is 73.3 Å². The first-order chi connectivity index (χ1) is 14.6. The van der Waals surface area contributed by atoms with Crippen LogP contribution < -0.4 is 10.8 Å². The second kappa shape index (κ2) is 8.18. The third kappa shape index (κ3) is 4.71. The third-order valence-corrected chi connectivity index (χ3v) is 6.89. The molecule has 0 spiro atoms. The summed E-state index contributed by atoms with van der Waals surface area (Å²) < 4.78 is 12.1. The van der Waals surface area contributed by atoms with Crippen LogP contribution in [0.1, 0.15) is 38.3 Å². The van der Waals surface area contributed by atoms with E-state index in [1.165, 1.54) is 0 Å². The van der Waals surface area contributed by atoms with Crippen molar-refractivity contribution in [1.82, 2.24) is 9.97 Å². The van der Waals surface area contributed by atoms with Crippen LogP contribution in [0.25, 0.3) is 10.4 Å². The van der Waals surface area contributed by atoms with Gasteiger partial charge in [0.1, 0.15) is 5.82 Å². The second-order valence-corrected chi connectivity index (χ2v) is 9.91. The van der Waals surface area contributed by atoms with E-state index in [1.54, 1.807) is 29.8 Å². The summed E-state index contributed by atoms with van der Waals surface area (Å²) in [5.74, 6) is 0.405. The predicted molar refractivity (Wildman–Crippen MR) is 125 cm³/mol. The Kier molecular flexibility index (Phi) is 5.72. The SMILES string of the molecule is Cc1cc(-c2ccc(CC(=O)Nc3ccc(B4OC(C)(C)C(C)(C)O4)cn3)s2)ccn1. The molecule has 6 nitrogen and oxygen atoms in total. The molecule has 0 aliphatic carbocycles.